The summed E-state index contributed by atoms with van der Waals surface area (Å²) in [6, 6.07) is 6.98. The van der Waals surface area contributed by atoms with Crippen LogP contribution in [0.5, 0.6) is 0 Å². The minimum Gasteiger partial charge on any atom is -0.399 e. The molecule has 0 bridgehead atoms. The molecule has 0 heterocycles. The Bertz CT molecular complexity index is 336. The number of carbonyl (C=O) groups excluding carboxylic acids is 1. The number of Topliss-reactive ketones (excluding diaryl/α,β-unsaturated/α-hetero) is 1. The SMILES string of the molecule is CC(C)(C)NCC(=O)c1ccc(N)cc1. The fourth-order valence-corrected chi connectivity index (χ4v) is 1.12. The Morgan fingerprint density at radius 2 is 1.80 bits per heavy atom. The van der Waals surface area contributed by atoms with Gasteiger partial charge >= 0.3 is 0 Å². The van der Waals surface area contributed by atoms with Gasteiger partial charge in [-0.1, -0.05) is 0 Å². The van der Waals surface area contributed by atoms with Crippen LogP contribution in [-0.2, 0) is 0 Å². The van der Waals surface area contributed by atoms with Crippen molar-refractivity contribution in [2.75, 3.05) is 12.3 Å². The van der Waals surface area contributed by atoms with Gasteiger partial charge in [0.15, 0.2) is 5.78 Å². The fourth-order valence-electron chi connectivity index (χ4n) is 1.12. The summed E-state index contributed by atoms with van der Waals surface area (Å²) < 4.78 is 0. The van der Waals surface area contributed by atoms with Crippen LogP contribution in [-0.4, -0.2) is 17.9 Å². The van der Waals surface area contributed by atoms with Crippen molar-refractivity contribution in [1.29, 1.82) is 0 Å². The van der Waals surface area contributed by atoms with E-state index in [-0.39, 0.29) is 11.3 Å². The molecule has 15 heavy (non-hydrogen) atoms. The van der Waals surface area contributed by atoms with E-state index in [4.69, 9.17) is 5.73 Å². The lowest BCUT2D eigenvalue weighted by atomic mass is 10.1. The zero-order valence-electron chi connectivity index (χ0n) is 9.50. The Balaban J connectivity index is 2.58. The smallest absolute Gasteiger partial charge is 0.176 e. The number of benzene rings is 1. The number of nitrogen functional groups attached to an aromatic ring is 1. The van der Waals surface area contributed by atoms with Gasteiger partial charge in [-0.2, -0.15) is 0 Å². The number of nitrogens with one attached hydrogen (secondary N) is 1. The Morgan fingerprint density at radius 3 is 2.27 bits per heavy atom. The number of hydrogen-bond acceptors (Lipinski definition) is 3. The molecule has 3 N–H and O–H groups in total. The number of rotatable bonds is 3. The topological polar surface area (TPSA) is 55.1 Å². The van der Waals surface area contributed by atoms with Crippen LogP contribution >= 0.6 is 0 Å². The van der Waals surface area contributed by atoms with Crippen LogP contribution in [0.1, 0.15) is 31.1 Å². The normalized spacial score (nSPS) is 11.4. The summed E-state index contributed by atoms with van der Waals surface area (Å²) in [5, 5.41) is 3.15. The Kier molecular flexibility index (Phi) is 3.48. The number of anilines is 1. The predicted octanol–water partition coefficient (Wildman–Crippen LogP) is 1.84. The van der Waals surface area contributed by atoms with Gasteiger partial charge in [0.2, 0.25) is 0 Å². The monoisotopic (exact) mass is 206 g/mol. The van der Waals surface area contributed by atoms with Crippen LogP contribution < -0.4 is 11.1 Å². The second kappa shape index (κ2) is 4.45. The van der Waals surface area contributed by atoms with Crippen LogP contribution in [0.3, 0.4) is 0 Å². The Hall–Kier alpha value is -1.35. The molecule has 0 saturated heterocycles. The van der Waals surface area contributed by atoms with Crippen molar-refractivity contribution in [3.63, 3.8) is 0 Å². The van der Waals surface area contributed by atoms with Crippen molar-refractivity contribution in [2.24, 2.45) is 0 Å². The highest BCUT2D eigenvalue weighted by Gasteiger charge is 2.12. The molecular weight excluding hydrogens is 188 g/mol. The molecule has 0 radical (unpaired) electrons. The standard InChI is InChI=1S/C12H18N2O/c1-12(2,3)14-8-11(15)9-4-6-10(13)7-5-9/h4-7,14H,8,13H2,1-3H3. The van der Waals surface area contributed by atoms with Gasteiger partial charge in [0, 0.05) is 16.8 Å². The summed E-state index contributed by atoms with van der Waals surface area (Å²) in [6.07, 6.45) is 0. The molecule has 3 heteroatoms. The minimum absolute atomic E-state index is 0.0382. The quantitative estimate of drug-likeness (QED) is 0.586. The molecule has 1 aromatic carbocycles. The number of carbonyl (C=O) groups is 1. The van der Waals surface area contributed by atoms with Gasteiger partial charge in [-0.05, 0) is 45.0 Å². The van der Waals surface area contributed by atoms with Gasteiger partial charge in [0.1, 0.15) is 0 Å². The molecule has 3 nitrogen and oxygen atoms in total. The van der Waals surface area contributed by atoms with E-state index in [0.29, 0.717) is 17.8 Å². The molecule has 0 aromatic heterocycles. The Morgan fingerprint density at radius 1 is 1.27 bits per heavy atom. The van der Waals surface area contributed by atoms with Crippen molar-refractivity contribution in [2.45, 2.75) is 26.3 Å². The molecule has 0 aliphatic rings. The average Bonchev–Trinajstić information content (AvgIpc) is 2.14. The first-order valence-corrected chi connectivity index (χ1v) is 5.02. The molecular formula is C12H18N2O. The fraction of sp³-hybridized carbons (Fsp3) is 0.417. The molecule has 0 amide bonds. The highest BCUT2D eigenvalue weighted by Crippen LogP contribution is 2.06. The third-order valence-electron chi connectivity index (χ3n) is 2.01. The highest BCUT2D eigenvalue weighted by atomic mass is 16.1. The van der Waals surface area contributed by atoms with Crippen molar-refractivity contribution < 1.29 is 4.79 Å². The second-order valence-electron chi connectivity index (χ2n) is 4.65. The molecule has 0 saturated carbocycles. The highest BCUT2D eigenvalue weighted by molar-refractivity contribution is 5.97. The van der Waals surface area contributed by atoms with Gasteiger partial charge in [-0.25, -0.2) is 0 Å². The third-order valence-corrected chi connectivity index (χ3v) is 2.01. The van der Waals surface area contributed by atoms with Crippen LogP contribution in [0.15, 0.2) is 24.3 Å². The molecule has 0 aliphatic carbocycles. The van der Waals surface area contributed by atoms with Crippen molar-refractivity contribution >= 4 is 11.5 Å². The van der Waals surface area contributed by atoms with Crippen molar-refractivity contribution in [3.05, 3.63) is 29.8 Å². The number of nitrogens with two attached hydrogens (primary N) is 1. The van der Waals surface area contributed by atoms with Gasteiger partial charge in [-0.15, -0.1) is 0 Å². The maximum atomic E-state index is 11.7. The van der Waals surface area contributed by atoms with Crippen LogP contribution in [0.25, 0.3) is 0 Å². The molecule has 0 aliphatic heterocycles. The average molecular weight is 206 g/mol. The van der Waals surface area contributed by atoms with Crippen LogP contribution in [0.4, 0.5) is 5.69 Å². The second-order valence-corrected chi connectivity index (χ2v) is 4.65. The van der Waals surface area contributed by atoms with Gasteiger partial charge in [0.05, 0.1) is 6.54 Å². The van der Waals surface area contributed by atoms with Crippen molar-refractivity contribution in [3.8, 4) is 0 Å². The van der Waals surface area contributed by atoms with Gasteiger partial charge < -0.3 is 11.1 Å². The van der Waals surface area contributed by atoms with Crippen LogP contribution in [0.2, 0.25) is 0 Å². The van der Waals surface area contributed by atoms with E-state index >= 15 is 0 Å². The lowest BCUT2D eigenvalue weighted by Gasteiger charge is -2.19. The minimum atomic E-state index is -0.0382. The van der Waals surface area contributed by atoms with Crippen molar-refractivity contribution in [1.82, 2.24) is 5.32 Å². The maximum absolute atomic E-state index is 11.7. The largest absolute Gasteiger partial charge is 0.399 e. The molecule has 0 spiro atoms. The van der Waals surface area contributed by atoms with E-state index in [1.165, 1.54) is 0 Å². The Labute approximate surface area is 90.7 Å². The number of hydrogen-bond donors (Lipinski definition) is 2. The summed E-state index contributed by atoms with van der Waals surface area (Å²) >= 11 is 0. The number of ketones is 1. The first-order valence-electron chi connectivity index (χ1n) is 5.02. The van der Waals surface area contributed by atoms with E-state index in [9.17, 15) is 4.79 Å². The first-order chi connectivity index (χ1) is 6.88. The van der Waals surface area contributed by atoms with E-state index in [1.54, 1.807) is 24.3 Å². The maximum Gasteiger partial charge on any atom is 0.176 e. The lowest BCUT2D eigenvalue weighted by molar-refractivity contribution is 0.0982. The third kappa shape index (κ3) is 4.13. The summed E-state index contributed by atoms with van der Waals surface area (Å²) in [4.78, 5) is 11.7. The van der Waals surface area contributed by atoms with E-state index in [1.807, 2.05) is 20.8 Å². The van der Waals surface area contributed by atoms with E-state index in [0.717, 1.165) is 0 Å². The molecule has 0 unspecified atom stereocenters. The van der Waals surface area contributed by atoms with Gasteiger partial charge in [0.25, 0.3) is 0 Å². The molecule has 1 aromatic rings. The summed E-state index contributed by atoms with van der Waals surface area (Å²) in [7, 11) is 0. The van der Waals surface area contributed by atoms with Gasteiger partial charge in [-0.3, -0.25) is 4.79 Å². The van der Waals surface area contributed by atoms with Crippen LogP contribution in [0, 0.1) is 0 Å². The van der Waals surface area contributed by atoms with E-state index in [2.05, 4.69) is 5.32 Å². The zero-order chi connectivity index (χ0) is 11.5. The summed E-state index contributed by atoms with van der Waals surface area (Å²) in [5.74, 6) is 0.0879. The molecule has 0 fully saturated rings. The lowest BCUT2D eigenvalue weighted by Crippen LogP contribution is -2.39. The molecule has 1 rings (SSSR count). The predicted molar refractivity (Wildman–Crippen MR) is 62.9 cm³/mol. The van der Waals surface area contributed by atoms with E-state index < -0.39 is 0 Å². The summed E-state index contributed by atoms with van der Waals surface area (Å²) in [5.41, 5.74) is 6.88. The first kappa shape index (κ1) is 11.7. The zero-order valence-corrected chi connectivity index (χ0v) is 9.50. The molecule has 0 atom stereocenters. The summed E-state index contributed by atoms with van der Waals surface area (Å²) in [6.45, 7) is 6.45. The molecule has 82 valence electrons.